The van der Waals surface area contributed by atoms with Crippen LogP contribution in [0.3, 0.4) is 0 Å². The van der Waals surface area contributed by atoms with E-state index in [9.17, 15) is 14.9 Å². The molecule has 6 nitrogen and oxygen atoms in total. The third kappa shape index (κ3) is 4.51. The van der Waals surface area contributed by atoms with Gasteiger partial charge in [-0.15, -0.1) is 0 Å². The zero-order valence-electron chi connectivity index (χ0n) is 16.5. The number of amides is 1. The molecule has 2 N–H and O–H groups in total. The first-order valence-electron chi connectivity index (χ1n) is 9.80. The average Bonchev–Trinajstić information content (AvgIpc) is 3.18. The number of anilines is 1. The number of aromatic amines is 1. The highest BCUT2D eigenvalue weighted by molar-refractivity contribution is 9.09. The van der Waals surface area contributed by atoms with Crippen molar-refractivity contribution in [2.24, 2.45) is 0 Å². The second kappa shape index (κ2) is 9.14. The molecule has 1 atom stereocenters. The van der Waals surface area contributed by atoms with Crippen molar-refractivity contribution in [2.75, 3.05) is 17.2 Å². The number of fused-ring (bicyclic) bond motifs is 1. The van der Waals surface area contributed by atoms with Crippen LogP contribution in [0.25, 0.3) is 22.2 Å². The highest BCUT2D eigenvalue weighted by Crippen LogP contribution is 2.39. The van der Waals surface area contributed by atoms with Crippen LogP contribution in [0.1, 0.15) is 17.0 Å². The Hall–Kier alpha value is -3.45. The van der Waals surface area contributed by atoms with Crippen LogP contribution in [0.4, 0.5) is 5.69 Å². The molecule has 156 valence electrons. The second-order valence-electron chi connectivity index (χ2n) is 7.20. The van der Waals surface area contributed by atoms with Crippen LogP contribution in [0.5, 0.6) is 0 Å². The van der Waals surface area contributed by atoms with Crippen LogP contribution in [-0.2, 0) is 4.79 Å². The van der Waals surface area contributed by atoms with E-state index in [0.717, 1.165) is 33.3 Å². The maximum absolute atomic E-state index is 11.6. The number of nitrogens with one attached hydrogen (secondary N) is 2. The molecule has 0 bridgehead atoms. The molecule has 0 aliphatic rings. The number of rotatable bonds is 7. The van der Waals surface area contributed by atoms with Crippen molar-refractivity contribution in [3.05, 3.63) is 100 Å². The van der Waals surface area contributed by atoms with E-state index in [1.54, 1.807) is 12.1 Å². The number of hydrogen-bond acceptors (Lipinski definition) is 3. The maximum atomic E-state index is 11.6. The minimum absolute atomic E-state index is 0.155. The fourth-order valence-corrected chi connectivity index (χ4v) is 4.00. The van der Waals surface area contributed by atoms with Gasteiger partial charge in [0.2, 0.25) is 12.5 Å². The lowest BCUT2D eigenvalue weighted by atomic mass is 9.87. The number of benzene rings is 3. The summed E-state index contributed by atoms with van der Waals surface area (Å²) in [4.78, 5) is 26.5. The molecule has 31 heavy (non-hydrogen) atoms. The monoisotopic (exact) mass is 477 g/mol. The molecule has 0 fully saturated rings. The fraction of sp³-hybridized carbons (Fsp3) is 0.125. The number of carbonyl (C=O) groups excluding carboxylic acids is 1. The molecule has 3 aromatic carbocycles. The third-order valence-corrected chi connectivity index (χ3v) is 5.72. The molecule has 0 radical (unpaired) electrons. The Labute approximate surface area is 187 Å². The van der Waals surface area contributed by atoms with Gasteiger partial charge in [-0.3, -0.25) is 14.9 Å². The zero-order chi connectivity index (χ0) is 21.8. The lowest BCUT2D eigenvalue weighted by molar-refractivity contribution is -0.481. The van der Waals surface area contributed by atoms with Crippen molar-refractivity contribution >= 4 is 38.4 Å². The van der Waals surface area contributed by atoms with Crippen LogP contribution >= 0.6 is 15.9 Å². The van der Waals surface area contributed by atoms with Gasteiger partial charge in [0, 0.05) is 21.5 Å². The predicted molar refractivity (Wildman–Crippen MR) is 126 cm³/mol. The molecule has 0 saturated heterocycles. The number of halogens is 1. The van der Waals surface area contributed by atoms with Gasteiger partial charge in [0.1, 0.15) is 0 Å². The van der Waals surface area contributed by atoms with Gasteiger partial charge in [-0.2, -0.15) is 0 Å². The van der Waals surface area contributed by atoms with Crippen LogP contribution < -0.4 is 5.32 Å². The average molecular weight is 478 g/mol. The Bertz CT molecular complexity index is 1220. The smallest absolute Gasteiger partial charge is 0.235 e. The van der Waals surface area contributed by atoms with Crippen molar-refractivity contribution in [3.63, 3.8) is 0 Å². The second-order valence-corrected chi connectivity index (χ2v) is 7.76. The molecule has 1 unspecified atom stereocenters. The molecule has 0 spiro atoms. The summed E-state index contributed by atoms with van der Waals surface area (Å²) in [5, 5.41) is 15.6. The number of para-hydroxylation sites is 1. The number of hydrogen-bond donors (Lipinski definition) is 2. The van der Waals surface area contributed by atoms with Gasteiger partial charge in [0.05, 0.1) is 16.9 Å². The van der Waals surface area contributed by atoms with Crippen molar-refractivity contribution in [1.29, 1.82) is 0 Å². The molecule has 1 heterocycles. The number of alkyl halides is 1. The summed E-state index contributed by atoms with van der Waals surface area (Å²) < 4.78 is 0. The highest BCUT2D eigenvalue weighted by Gasteiger charge is 2.27. The normalized spacial score (nSPS) is 11.9. The number of carbonyl (C=O) groups is 1. The Morgan fingerprint density at radius 3 is 2.35 bits per heavy atom. The van der Waals surface area contributed by atoms with E-state index in [1.807, 2.05) is 66.7 Å². The van der Waals surface area contributed by atoms with Crippen LogP contribution in [0.2, 0.25) is 0 Å². The molecule has 0 aliphatic heterocycles. The number of nitro groups is 1. The summed E-state index contributed by atoms with van der Waals surface area (Å²) in [7, 11) is 0. The topological polar surface area (TPSA) is 88.0 Å². The zero-order valence-corrected chi connectivity index (χ0v) is 18.1. The lowest BCUT2D eigenvalue weighted by Crippen LogP contribution is -2.15. The van der Waals surface area contributed by atoms with Crippen molar-refractivity contribution in [2.45, 2.75) is 5.92 Å². The van der Waals surface area contributed by atoms with Gasteiger partial charge in [-0.1, -0.05) is 76.6 Å². The molecule has 4 aromatic rings. The summed E-state index contributed by atoms with van der Waals surface area (Å²) >= 11 is 3.13. The lowest BCUT2D eigenvalue weighted by Gasteiger charge is -2.16. The Morgan fingerprint density at radius 1 is 1.00 bits per heavy atom. The Morgan fingerprint density at radius 2 is 1.68 bits per heavy atom. The van der Waals surface area contributed by atoms with Crippen molar-refractivity contribution < 1.29 is 9.72 Å². The number of H-pyrrole nitrogens is 1. The van der Waals surface area contributed by atoms with Crippen molar-refractivity contribution in [1.82, 2.24) is 4.98 Å². The van der Waals surface area contributed by atoms with Gasteiger partial charge in [0.15, 0.2) is 0 Å². The van der Waals surface area contributed by atoms with E-state index in [4.69, 9.17) is 0 Å². The quantitative estimate of drug-likeness (QED) is 0.207. The minimum Gasteiger partial charge on any atom is -0.354 e. The summed E-state index contributed by atoms with van der Waals surface area (Å²) in [6.45, 7) is -0.241. The van der Waals surface area contributed by atoms with Gasteiger partial charge in [-0.25, -0.2) is 0 Å². The van der Waals surface area contributed by atoms with E-state index < -0.39 is 5.92 Å². The molecular formula is C24H20BrN3O3. The number of aromatic nitrogens is 1. The first kappa shape index (κ1) is 20.8. The van der Waals surface area contributed by atoms with Gasteiger partial charge in [-0.05, 0) is 34.9 Å². The molecule has 0 saturated carbocycles. The van der Waals surface area contributed by atoms with E-state index in [2.05, 4.69) is 26.2 Å². The van der Waals surface area contributed by atoms with E-state index in [1.165, 1.54) is 0 Å². The van der Waals surface area contributed by atoms with Gasteiger partial charge >= 0.3 is 0 Å². The minimum atomic E-state index is -0.456. The maximum Gasteiger partial charge on any atom is 0.235 e. The standard InChI is InChI=1S/C24H20BrN3O3/c25-14-22(29)26-18-12-10-16(11-13-18)20(15-28(30)31)23-19-8-4-5-9-21(19)27-24(23)17-6-2-1-3-7-17/h1-13,20,27H,14-15H2,(H,26,29). The van der Waals surface area contributed by atoms with E-state index in [-0.39, 0.29) is 22.7 Å². The van der Waals surface area contributed by atoms with Crippen LogP contribution in [0, 0.1) is 10.1 Å². The van der Waals surface area contributed by atoms with E-state index >= 15 is 0 Å². The predicted octanol–water partition coefficient (Wildman–Crippen LogP) is 5.58. The fourth-order valence-electron chi connectivity index (χ4n) is 3.86. The van der Waals surface area contributed by atoms with Gasteiger partial charge < -0.3 is 10.3 Å². The van der Waals surface area contributed by atoms with Gasteiger partial charge in [0.25, 0.3) is 0 Å². The first-order chi connectivity index (χ1) is 15.1. The summed E-state index contributed by atoms with van der Waals surface area (Å²) in [5.41, 5.74) is 5.15. The highest BCUT2D eigenvalue weighted by atomic mass is 79.9. The molecule has 7 heteroatoms. The summed E-state index contributed by atoms with van der Waals surface area (Å²) in [6, 6.07) is 24.9. The van der Waals surface area contributed by atoms with Crippen LogP contribution in [-0.4, -0.2) is 27.7 Å². The van der Waals surface area contributed by atoms with E-state index in [0.29, 0.717) is 5.69 Å². The first-order valence-corrected chi connectivity index (χ1v) is 10.9. The molecule has 0 aliphatic carbocycles. The molecule has 1 amide bonds. The van der Waals surface area contributed by atoms with Crippen LogP contribution in [0.15, 0.2) is 78.9 Å². The summed E-state index contributed by atoms with van der Waals surface area (Å²) in [5.74, 6) is -0.611. The Kier molecular flexibility index (Phi) is 6.13. The molecule has 1 aromatic heterocycles. The largest absolute Gasteiger partial charge is 0.354 e. The molecule has 4 rings (SSSR count). The summed E-state index contributed by atoms with van der Waals surface area (Å²) in [6.07, 6.45) is 0. The molecular weight excluding hydrogens is 458 g/mol. The van der Waals surface area contributed by atoms with Crippen molar-refractivity contribution in [3.8, 4) is 11.3 Å². The third-order valence-electron chi connectivity index (χ3n) is 5.21. The Balaban J connectivity index is 1.85. The SMILES string of the molecule is O=C(CBr)Nc1ccc(C(C[N+](=O)[O-])c2c(-c3ccccc3)[nH]c3ccccc23)cc1. The number of nitrogens with zero attached hydrogens (tertiary/aromatic N) is 1.